The topological polar surface area (TPSA) is 24.1 Å². The predicted octanol–water partition coefficient (Wildman–Crippen LogP) is 1.53. The van der Waals surface area contributed by atoms with Crippen molar-refractivity contribution in [2.45, 2.75) is 25.4 Å². The summed E-state index contributed by atoms with van der Waals surface area (Å²) in [6.45, 7) is 1.60. The van der Waals surface area contributed by atoms with Gasteiger partial charge in [-0.25, -0.2) is 0 Å². The van der Waals surface area contributed by atoms with E-state index in [2.05, 4.69) is 10.6 Å². The minimum absolute atomic E-state index is 0.464. The largest absolute Gasteiger partial charge is 0.401 e. The third-order valence-corrected chi connectivity index (χ3v) is 2.45. The zero-order valence-electron chi connectivity index (χ0n) is 8.16. The normalized spacial score (nSPS) is 23.8. The Labute approximate surface area is 82.2 Å². The molecule has 1 unspecified atom stereocenters. The molecule has 1 heterocycles. The molecule has 1 saturated heterocycles. The summed E-state index contributed by atoms with van der Waals surface area (Å²) < 4.78 is 35.2. The molecule has 2 nitrogen and oxygen atoms in total. The molecular formula is C9H17F3N2. The summed E-state index contributed by atoms with van der Waals surface area (Å²) in [7, 11) is 0. The molecule has 14 heavy (non-hydrogen) atoms. The lowest BCUT2D eigenvalue weighted by molar-refractivity contribution is -0.124. The third-order valence-electron chi connectivity index (χ3n) is 2.45. The fourth-order valence-corrected chi connectivity index (χ4v) is 1.71. The standard InChI is InChI=1S/C9H17F3N2/c10-9(11,12)7-14-5-3-8-2-1-4-13-6-8/h8,13-14H,1-7H2. The van der Waals surface area contributed by atoms with Gasteiger partial charge in [0.05, 0.1) is 6.54 Å². The molecule has 0 bridgehead atoms. The Hall–Kier alpha value is -0.290. The molecule has 0 saturated carbocycles. The molecule has 1 aliphatic rings. The van der Waals surface area contributed by atoms with Gasteiger partial charge in [-0.2, -0.15) is 13.2 Å². The van der Waals surface area contributed by atoms with Gasteiger partial charge in [-0.05, 0) is 44.8 Å². The number of hydrogen-bond donors (Lipinski definition) is 2. The van der Waals surface area contributed by atoms with Crippen LogP contribution in [0.25, 0.3) is 0 Å². The lowest BCUT2D eigenvalue weighted by Crippen LogP contribution is -2.34. The van der Waals surface area contributed by atoms with E-state index in [4.69, 9.17) is 0 Å². The summed E-state index contributed by atoms with van der Waals surface area (Å²) in [5.41, 5.74) is 0. The smallest absolute Gasteiger partial charge is 0.316 e. The van der Waals surface area contributed by atoms with Crippen LogP contribution in [0, 0.1) is 5.92 Å². The Morgan fingerprint density at radius 2 is 2.14 bits per heavy atom. The Bertz CT molecular complexity index is 153. The van der Waals surface area contributed by atoms with E-state index >= 15 is 0 Å². The van der Waals surface area contributed by atoms with Crippen molar-refractivity contribution in [1.29, 1.82) is 0 Å². The Morgan fingerprint density at radius 1 is 1.36 bits per heavy atom. The van der Waals surface area contributed by atoms with Crippen LogP contribution in [0.3, 0.4) is 0 Å². The fourth-order valence-electron chi connectivity index (χ4n) is 1.71. The molecule has 1 fully saturated rings. The van der Waals surface area contributed by atoms with E-state index in [1.165, 1.54) is 0 Å². The summed E-state index contributed by atoms with van der Waals surface area (Å²) in [6.07, 6.45) is -0.960. The van der Waals surface area contributed by atoms with Gasteiger partial charge in [0, 0.05) is 0 Å². The summed E-state index contributed by atoms with van der Waals surface area (Å²) in [5.74, 6) is 0.546. The summed E-state index contributed by atoms with van der Waals surface area (Å²) in [5, 5.41) is 5.66. The lowest BCUT2D eigenvalue weighted by atomic mass is 9.96. The predicted molar refractivity (Wildman–Crippen MR) is 49.1 cm³/mol. The minimum atomic E-state index is -4.08. The van der Waals surface area contributed by atoms with E-state index in [9.17, 15) is 13.2 Å². The van der Waals surface area contributed by atoms with Crippen LogP contribution < -0.4 is 10.6 Å². The van der Waals surface area contributed by atoms with Crippen LogP contribution in [0.2, 0.25) is 0 Å². The zero-order chi connectivity index (χ0) is 10.4. The van der Waals surface area contributed by atoms with Gasteiger partial charge in [-0.15, -0.1) is 0 Å². The zero-order valence-corrected chi connectivity index (χ0v) is 8.16. The number of hydrogen-bond acceptors (Lipinski definition) is 2. The first-order valence-corrected chi connectivity index (χ1v) is 5.06. The molecule has 0 aromatic heterocycles. The van der Waals surface area contributed by atoms with E-state index in [0.29, 0.717) is 12.5 Å². The van der Waals surface area contributed by atoms with Crippen molar-refractivity contribution in [2.75, 3.05) is 26.2 Å². The lowest BCUT2D eigenvalue weighted by Gasteiger charge is -2.22. The second kappa shape index (κ2) is 5.56. The number of rotatable bonds is 4. The Balaban J connectivity index is 1.97. The Morgan fingerprint density at radius 3 is 2.71 bits per heavy atom. The molecule has 1 aliphatic heterocycles. The maximum Gasteiger partial charge on any atom is 0.401 e. The molecule has 1 atom stereocenters. The highest BCUT2D eigenvalue weighted by molar-refractivity contribution is 4.70. The highest BCUT2D eigenvalue weighted by Crippen LogP contribution is 2.14. The van der Waals surface area contributed by atoms with Crippen molar-refractivity contribution >= 4 is 0 Å². The molecule has 5 heteroatoms. The van der Waals surface area contributed by atoms with Gasteiger partial charge in [-0.1, -0.05) is 0 Å². The monoisotopic (exact) mass is 210 g/mol. The van der Waals surface area contributed by atoms with Crippen molar-refractivity contribution in [1.82, 2.24) is 10.6 Å². The first kappa shape index (κ1) is 11.8. The highest BCUT2D eigenvalue weighted by Gasteiger charge is 2.26. The number of piperidine rings is 1. The number of alkyl halides is 3. The molecular weight excluding hydrogens is 193 g/mol. The van der Waals surface area contributed by atoms with E-state index in [-0.39, 0.29) is 0 Å². The van der Waals surface area contributed by atoms with Gasteiger partial charge in [0.2, 0.25) is 0 Å². The van der Waals surface area contributed by atoms with Gasteiger partial charge < -0.3 is 10.6 Å². The second-order valence-electron chi connectivity index (χ2n) is 3.79. The van der Waals surface area contributed by atoms with Crippen molar-refractivity contribution < 1.29 is 13.2 Å². The van der Waals surface area contributed by atoms with E-state index in [1.807, 2.05) is 0 Å². The molecule has 0 amide bonds. The van der Waals surface area contributed by atoms with Crippen LogP contribution >= 0.6 is 0 Å². The first-order chi connectivity index (χ1) is 6.58. The van der Waals surface area contributed by atoms with E-state index < -0.39 is 12.7 Å². The van der Waals surface area contributed by atoms with Gasteiger partial charge in [0.25, 0.3) is 0 Å². The molecule has 0 radical (unpaired) electrons. The van der Waals surface area contributed by atoms with Gasteiger partial charge in [0.1, 0.15) is 0 Å². The van der Waals surface area contributed by atoms with Crippen LogP contribution in [-0.2, 0) is 0 Å². The molecule has 0 aromatic rings. The van der Waals surface area contributed by atoms with Crippen LogP contribution in [-0.4, -0.2) is 32.4 Å². The number of nitrogens with one attached hydrogen (secondary N) is 2. The fraction of sp³-hybridized carbons (Fsp3) is 1.00. The maximum absolute atomic E-state index is 11.7. The Kier molecular flexibility index (Phi) is 4.68. The third kappa shape index (κ3) is 5.44. The van der Waals surface area contributed by atoms with Crippen molar-refractivity contribution in [2.24, 2.45) is 5.92 Å². The first-order valence-electron chi connectivity index (χ1n) is 5.06. The van der Waals surface area contributed by atoms with Crippen molar-refractivity contribution in [3.05, 3.63) is 0 Å². The van der Waals surface area contributed by atoms with Crippen LogP contribution in [0.1, 0.15) is 19.3 Å². The molecule has 0 aliphatic carbocycles. The second-order valence-corrected chi connectivity index (χ2v) is 3.79. The van der Waals surface area contributed by atoms with Crippen LogP contribution in [0.4, 0.5) is 13.2 Å². The van der Waals surface area contributed by atoms with E-state index in [0.717, 1.165) is 32.4 Å². The van der Waals surface area contributed by atoms with Crippen molar-refractivity contribution in [3.63, 3.8) is 0 Å². The SMILES string of the molecule is FC(F)(F)CNCCC1CCCNC1. The van der Waals surface area contributed by atoms with Crippen LogP contribution in [0.15, 0.2) is 0 Å². The van der Waals surface area contributed by atoms with Gasteiger partial charge >= 0.3 is 6.18 Å². The van der Waals surface area contributed by atoms with Gasteiger partial charge in [0.15, 0.2) is 0 Å². The summed E-state index contributed by atoms with van der Waals surface area (Å²) in [6, 6.07) is 0. The van der Waals surface area contributed by atoms with E-state index in [1.54, 1.807) is 0 Å². The van der Waals surface area contributed by atoms with Crippen molar-refractivity contribution in [3.8, 4) is 0 Å². The quantitative estimate of drug-likeness (QED) is 0.688. The highest BCUT2D eigenvalue weighted by atomic mass is 19.4. The average Bonchev–Trinajstić information content (AvgIpc) is 2.13. The molecule has 1 rings (SSSR count). The summed E-state index contributed by atoms with van der Waals surface area (Å²) >= 11 is 0. The minimum Gasteiger partial charge on any atom is -0.316 e. The average molecular weight is 210 g/mol. The maximum atomic E-state index is 11.7. The summed E-state index contributed by atoms with van der Waals surface area (Å²) in [4.78, 5) is 0. The number of halogens is 3. The van der Waals surface area contributed by atoms with Crippen LogP contribution in [0.5, 0.6) is 0 Å². The molecule has 0 spiro atoms. The molecule has 84 valence electrons. The molecule has 2 N–H and O–H groups in total. The molecule has 0 aromatic carbocycles. The van der Waals surface area contributed by atoms with Gasteiger partial charge in [-0.3, -0.25) is 0 Å².